The van der Waals surface area contributed by atoms with Gasteiger partial charge in [0, 0.05) is 31.4 Å². The third-order valence-electron chi connectivity index (χ3n) is 4.58. The number of aliphatic hydroxyl groups excluding tert-OH is 1. The summed E-state index contributed by atoms with van der Waals surface area (Å²) in [5.41, 5.74) is 2.83. The Morgan fingerprint density at radius 3 is 2.77 bits per heavy atom. The van der Waals surface area contributed by atoms with Crippen LogP contribution in [0, 0.1) is 0 Å². The van der Waals surface area contributed by atoms with E-state index in [0.29, 0.717) is 12.2 Å². The van der Waals surface area contributed by atoms with Gasteiger partial charge in [-0.25, -0.2) is 4.79 Å². The lowest BCUT2D eigenvalue weighted by Crippen LogP contribution is -2.31. The monoisotopic (exact) mass is 359 g/mol. The zero-order valence-electron chi connectivity index (χ0n) is 14.7. The Balaban J connectivity index is 1.91. The van der Waals surface area contributed by atoms with E-state index in [4.69, 9.17) is 9.84 Å². The Kier molecular flexibility index (Phi) is 4.94. The minimum absolute atomic E-state index is 0.0403. The minimum Gasteiger partial charge on any atom is -0.466 e. The van der Waals surface area contributed by atoms with Crippen molar-refractivity contribution in [3.05, 3.63) is 35.0 Å². The molecular weight excluding hydrogens is 338 g/mol. The first-order valence-corrected chi connectivity index (χ1v) is 8.36. The Bertz CT molecular complexity index is 802. The molecule has 0 saturated heterocycles. The molecule has 2 heterocycles. The second kappa shape index (κ2) is 7.17. The van der Waals surface area contributed by atoms with Crippen molar-refractivity contribution >= 4 is 29.2 Å². The molecule has 26 heavy (non-hydrogen) atoms. The van der Waals surface area contributed by atoms with E-state index in [1.54, 1.807) is 11.0 Å². The van der Waals surface area contributed by atoms with Crippen LogP contribution in [0.3, 0.4) is 0 Å². The number of nitrogens with one attached hydrogen (secondary N) is 1. The van der Waals surface area contributed by atoms with Gasteiger partial charge in [0.1, 0.15) is 5.70 Å². The molecule has 8 heteroatoms. The van der Waals surface area contributed by atoms with Gasteiger partial charge in [0.05, 0.1) is 25.8 Å². The average Bonchev–Trinajstić information content (AvgIpc) is 3.17. The number of amides is 2. The van der Waals surface area contributed by atoms with E-state index in [1.165, 1.54) is 18.9 Å². The molecule has 0 radical (unpaired) electrons. The lowest BCUT2D eigenvalue weighted by molar-refractivity contribution is -0.136. The quantitative estimate of drug-likeness (QED) is 0.732. The summed E-state index contributed by atoms with van der Waals surface area (Å²) < 4.78 is 4.77. The maximum absolute atomic E-state index is 12.6. The number of fused-ring (bicyclic) bond motifs is 1. The summed E-state index contributed by atoms with van der Waals surface area (Å²) in [7, 11) is 1.26. The molecule has 0 unspecified atom stereocenters. The van der Waals surface area contributed by atoms with E-state index in [9.17, 15) is 14.4 Å². The molecule has 138 valence electrons. The third kappa shape index (κ3) is 3.15. The number of β-amino-alcohol motifs (C(OH)–C–C–N with tert-alkyl or cyclic N) is 1. The van der Waals surface area contributed by atoms with E-state index in [1.807, 2.05) is 12.1 Å². The summed E-state index contributed by atoms with van der Waals surface area (Å²) >= 11 is 0. The summed E-state index contributed by atoms with van der Waals surface area (Å²) in [5.74, 6) is -1.00. The van der Waals surface area contributed by atoms with Crippen LogP contribution in [-0.4, -0.2) is 61.1 Å². The fourth-order valence-electron chi connectivity index (χ4n) is 3.28. The van der Waals surface area contributed by atoms with Crippen LogP contribution in [0.15, 0.2) is 29.5 Å². The van der Waals surface area contributed by atoms with Crippen molar-refractivity contribution in [2.75, 3.05) is 43.6 Å². The molecule has 8 nitrogen and oxygen atoms in total. The number of carbonyl (C=O) groups is 3. The summed E-state index contributed by atoms with van der Waals surface area (Å²) in [5, 5.41) is 12.1. The summed E-state index contributed by atoms with van der Waals surface area (Å²) in [6, 6.07) is 5.52. The van der Waals surface area contributed by atoms with Crippen LogP contribution in [0.5, 0.6) is 0 Å². The molecule has 0 aliphatic carbocycles. The highest BCUT2D eigenvalue weighted by Gasteiger charge is 2.34. The van der Waals surface area contributed by atoms with Crippen molar-refractivity contribution in [1.29, 1.82) is 0 Å². The SMILES string of the molecule is COC(=O)C1=C(Nc2ccc3c(c2)N(C(C)=O)CC3)C(=O)N(CCO)C1. The third-order valence-corrected chi connectivity index (χ3v) is 4.58. The number of anilines is 2. The summed E-state index contributed by atoms with van der Waals surface area (Å²) in [4.78, 5) is 39.4. The molecule has 0 aromatic heterocycles. The highest BCUT2D eigenvalue weighted by Crippen LogP contribution is 2.32. The Labute approximate surface area is 151 Å². The number of ether oxygens (including phenoxy) is 1. The van der Waals surface area contributed by atoms with Crippen molar-refractivity contribution in [3.8, 4) is 0 Å². The molecule has 0 atom stereocenters. The number of hydrogen-bond donors (Lipinski definition) is 2. The molecule has 0 bridgehead atoms. The summed E-state index contributed by atoms with van der Waals surface area (Å²) in [6.07, 6.45) is 0.786. The van der Waals surface area contributed by atoms with Crippen molar-refractivity contribution < 1.29 is 24.2 Å². The number of hydrogen-bond acceptors (Lipinski definition) is 6. The fraction of sp³-hybridized carbons (Fsp3) is 0.389. The first kappa shape index (κ1) is 17.9. The van der Waals surface area contributed by atoms with Gasteiger partial charge >= 0.3 is 5.97 Å². The molecule has 0 spiro atoms. The maximum atomic E-state index is 12.6. The van der Waals surface area contributed by atoms with Crippen molar-refractivity contribution in [3.63, 3.8) is 0 Å². The highest BCUT2D eigenvalue weighted by molar-refractivity contribution is 6.08. The van der Waals surface area contributed by atoms with E-state index in [2.05, 4.69) is 5.32 Å². The first-order valence-electron chi connectivity index (χ1n) is 8.36. The number of esters is 1. The van der Waals surface area contributed by atoms with Crippen LogP contribution < -0.4 is 10.2 Å². The zero-order valence-corrected chi connectivity index (χ0v) is 14.7. The predicted molar refractivity (Wildman–Crippen MR) is 94.5 cm³/mol. The maximum Gasteiger partial charge on any atom is 0.337 e. The smallest absolute Gasteiger partial charge is 0.337 e. The van der Waals surface area contributed by atoms with E-state index >= 15 is 0 Å². The Morgan fingerprint density at radius 1 is 1.35 bits per heavy atom. The van der Waals surface area contributed by atoms with Gasteiger partial charge < -0.3 is 25.0 Å². The van der Waals surface area contributed by atoms with Gasteiger partial charge in [-0.1, -0.05) is 6.07 Å². The summed E-state index contributed by atoms with van der Waals surface area (Å²) in [6.45, 7) is 2.17. The predicted octanol–water partition coefficient (Wildman–Crippen LogP) is 0.269. The molecule has 2 amide bonds. The van der Waals surface area contributed by atoms with E-state index in [-0.39, 0.29) is 42.8 Å². The van der Waals surface area contributed by atoms with Gasteiger partial charge in [-0.2, -0.15) is 0 Å². The van der Waals surface area contributed by atoms with Gasteiger partial charge in [-0.3, -0.25) is 9.59 Å². The van der Waals surface area contributed by atoms with Crippen LogP contribution >= 0.6 is 0 Å². The van der Waals surface area contributed by atoms with Crippen LogP contribution in [0.25, 0.3) is 0 Å². The van der Waals surface area contributed by atoms with Gasteiger partial charge in [0.15, 0.2) is 0 Å². The Morgan fingerprint density at radius 2 is 2.12 bits per heavy atom. The number of rotatable bonds is 5. The van der Waals surface area contributed by atoms with Crippen molar-refractivity contribution in [1.82, 2.24) is 4.90 Å². The van der Waals surface area contributed by atoms with Gasteiger partial charge in [0.25, 0.3) is 5.91 Å². The van der Waals surface area contributed by atoms with Crippen LogP contribution in [0.1, 0.15) is 12.5 Å². The number of benzene rings is 1. The molecule has 3 rings (SSSR count). The van der Waals surface area contributed by atoms with E-state index < -0.39 is 5.97 Å². The van der Waals surface area contributed by atoms with Crippen LogP contribution in [0.2, 0.25) is 0 Å². The number of nitrogens with zero attached hydrogens (tertiary/aromatic N) is 2. The molecule has 1 aromatic rings. The molecule has 2 aliphatic heterocycles. The number of methoxy groups -OCH3 is 1. The molecule has 2 N–H and O–H groups in total. The molecule has 1 aromatic carbocycles. The normalized spacial score (nSPS) is 16.2. The molecule has 2 aliphatic rings. The molecule has 0 saturated carbocycles. The second-order valence-electron chi connectivity index (χ2n) is 6.18. The Hall–Kier alpha value is -2.87. The van der Waals surface area contributed by atoms with Gasteiger partial charge in [-0.15, -0.1) is 0 Å². The second-order valence-corrected chi connectivity index (χ2v) is 6.18. The fourth-order valence-corrected chi connectivity index (χ4v) is 3.28. The van der Waals surface area contributed by atoms with Gasteiger partial charge in [-0.05, 0) is 24.1 Å². The lowest BCUT2D eigenvalue weighted by atomic mass is 10.1. The highest BCUT2D eigenvalue weighted by atomic mass is 16.5. The standard InChI is InChI=1S/C18H21N3O5/c1-11(23)21-6-5-12-3-4-13(9-15(12)21)19-16-14(18(25)26-2)10-20(7-8-22)17(16)24/h3-4,9,19,22H,5-8,10H2,1-2H3. The molecule has 0 fully saturated rings. The van der Waals surface area contributed by atoms with Crippen molar-refractivity contribution in [2.45, 2.75) is 13.3 Å². The van der Waals surface area contributed by atoms with Crippen molar-refractivity contribution in [2.24, 2.45) is 0 Å². The van der Waals surface area contributed by atoms with Gasteiger partial charge in [0.2, 0.25) is 5.91 Å². The van der Waals surface area contributed by atoms with E-state index in [0.717, 1.165) is 17.7 Å². The van der Waals surface area contributed by atoms with Crippen LogP contribution in [-0.2, 0) is 25.5 Å². The minimum atomic E-state index is -0.590. The topological polar surface area (TPSA) is 99.2 Å². The first-order chi connectivity index (χ1) is 12.5. The van der Waals surface area contributed by atoms with Crippen LogP contribution in [0.4, 0.5) is 11.4 Å². The number of aliphatic hydroxyl groups is 1. The average molecular weight is 359 g/mol. The molecular formula is C18H21N3O5. The zero-order chi connectivity index (χ0) is 18.8. The number of carbonyl (C=O) groups excluding carboxylic acids is 3. The lowest BCUT2D eigenvalue weighted by Gasteiger charge is -2.17. The largest absolute Gasteiger partial charge is 0.466 e.